The molecule has 0 saturated heterocycles. The number of imidazole rings is 1. The first kappa shape index (κ1) is 13.7. The number of anilines is 1. The van der Waals surface area contributed by atoms with Gasteiger partial charge in [0.1, 0.15) is 5.82 Å². The Balaban J connectivity index is 1.51. The van der Waals surface area contributed by atoms with Gasteiger partial charge in [0.05, 0.1) is 18.4 Å². The Morgan fingerprint density at radius 3 is 2.95 bits per heavy atom. The van der Waals surface area contributed by atoms with Crippen molar-refractivity contribution in [2.24, 2.45) is 0 Å². The van der Waals surface area contributed by atoms with Crippen LogP contribution in [0, 0.1) is 0 Å². The van der Waals surface area contributed by atoms with Gasteiger partial charge >= 0.3 is 0 Å². The number of aryl methyl sites for hydroxylation is 1. The topological polar surface area (TPSA) is 72.9 Å². The molecule has 0 aromatic carbocycles. The van der Waals surface area contributed by atoms with Gasteiger partial charge in [0.25, 0.3) is 0 Å². The molecule has 0 amide bonds. The average Bonchev–Trinajstić information content (AvgIpc) is 3.15. The van der Waals surface area contributed by atoms with E-state index >= 15 is 0 Å². The first-order valence-electron chi connectivity index (χ1n) is 7.52. The van der Waals surface area contributed by atoms with Gasteiger partial charge in [0.15, 0.2) is 5.82 Å². The van der Waals surface area contributed by atoms with Gasteiger partial charge in [-0.15, -0.1) is 15.3 Å². The van der Waals surface area contributed by atoms with Crippen molar-refractivity contribution in [3.63, 3.8) is 0 Å². The Hall–Kier alpha value is -1.96. The van der Waals surface area contributed by atoms with Gasteiger partial charge in [0, 0.05) is 18.4 Å². The summed E-state index contributed by atoms with van der Waals surface area (Å²) in [6.07, 6.45) is 4.21. The molecule has 22 heavy (non-hydrogen) atoms. The molecule has 1 aliphatic rings. The summed E-state index contributed by atoms with van der Waals surface area (Å²) in [6.45, 7) is 8.14. The minimum atomic E-state index is 0.0447. The summed E-state index contributed by atoms with van der Waals surface area (Å²) in [4.78, 5) is 5.57. The predicted molar refractivity (Wildman–Crippen MR) is 85.2 cm³/mol. The highest BCUT2D eigenvalue weighted by molar-refractivity contribution is 7.20. The van der Waals surface area contributed by atoms with Crippen molar-refractivity contribution in [2.75, 3.05) is 5.32 Å². The second-order valence-electron chi connectivity index (χ2n) is 6.65. The molecule has 4 heterocycles. The van der Waals surface area contributed by atoms with E-state index in [2.05, 4.69) is 50.9 Å². The molecule has 3 aromatic rings. The molecular formula is C14H19N7S. The summed E-state index contributed by atoms with van der Waals surface area (Å²) < 4.78 is 4.05. The van der Waals surface area contributed by atoms with Crippen LogP contribution >= 0.6 is 11.3 Å². The molecule has 0 radical (unpaired) electrons. The molecular weight excluding hydrogens is 298 g/mol. The summed E-state index contributed by atoms with van der Waals surface area (Å²) in [5, 5.41) is 17.2. The van der Waals surface area contributed by atoms with Crippen LogP contribution in [-0.4, -0.2) is 29.4 Å². The molecule has 0 unspecified atom stereocenters. The maximum Gasteiger partial charge on any atom is 0.214 e. The van der Waals surface area contributed by atoms with E-state index in [9.17, 15) is 0 Å². The van der Waals surface area contributed by atoms with Crippen molar-refractivity contribution in [2.45, 2.75) is 52.1 Å². The van der Waals surface area contributed by atoms with E-state index in [1.165, 1.54) is 6.42 Å². The number of fused-ring (bicyclic) bond motifs is 2. The van der Waals surface area contributed by atoms with Crippen molar-refractivity contribution in [1.29, 1.82) is 0 Å². The molecule has 1 aliphatic heterocycles. The van der Waals surface area contributed by atoms with Crippen molar-refractivity contribution in [1.82, 2.24) is 29.4 Å². The van der Waals surface area contributed by atoms with Gasteiger partial charge in [-0.2, -0.15) is 0 Å². The van der Waals surface area contributed by atoms with E-state index in [4.69, 9.17) is 0 Å². The van der Waals surface area contributed by atoms with E-state index in [-0.39, 0.29) is 5.41 Å². The van der Waals surface area contributed by atoms with Crippen LogP contribution < -0.4 is 5.32 Å². The number of hydrogen-bond acceptors (Lipinski definition) is 6. The highest BCUT2D eigenvalue weighted by Gasteiger charge is 2.20. The van der Waals surface area contributed by atoms with E-state index in [0.717, 1.165) is 40.4 Å². The Bertz CT molecular complexity index is 789. The number of rotatable bonds is 3. The van der Waals surface area contributed by atoms with Crippen LogP contribution in [0.5, 0.6) is 0 Å². The van der Waals surface area contributed by atoms with E-state index in [0.29, 0.717) is 6.54 Å². The standard InChI is InChI=1S/C14H19N7S/c1-14(2,3)9-8-21-13(16-9)22-12(19-21)15-7-11-18-17-10-5-4-6-20(10)11/h8H,4-7H2,1-3H3,(H,15,19). The van der Waals surface area contributed by atoms with Gasteiger partial charge in [-0.05, 0) is 6.42 Å². The van der Waals surface area contributed by atoms with Crippen LogP contribution in [0.1, 0.15) is 44.5 Å². The average molecular weight is 317 g/mol. The maximum atomic E-state index is 4.65. The molecule has 0 bridgehead atoms. The molecule has 4 rings (SSSR count). The Kier molecular flexibility index (Phi) is 2.97. The monoisotopic (exact) mass is 317 g/mol. The van der Waals surface area contributed by atoms with Crippen molar-refractivity contribution < 1.29 is 0 Å². The molecule has 7 nitrogen and oxygen atoms in total. The van der Waals surface area contributed by atoms with E-state index < -0.39 is 0 Å². The zero-order valence-corrected chi connectivity index (χ0v) is 13.8. The first-order valence-corrected chi connectivity index (χ1v) is 8.34. The fourth-order valence-corrected chi connectivity index (χ4v) is 3.41. The van der Waals surface area contributed by atoms with E-state index in [1.54, 1.807) is 11.3 Å². The molecule has 0 saturated carbocycles. The number of nitrogens with one attached hydrogen (secondary N) is 1. The van der Waals surface area contributed by atoms with Crippen molar-refractivity contribution >= 4 is 21.4 Å². The molecule has 0 spiro atoms. The van der Waals surface area contributed by atoms with E-state index in [1.807, 2.05) is 10.7 Å². The minimum absolute atomic E-state index is 0.0447. The molecule has 1 N–H and O–H groups in total. The highest BCUT2D eigenvalue weighted by atomic mass is 32.1. The molecule has 0 fully saturated rings. The summed E-state index contributed by atoms with van der Waals surface area (Å²) in [5.74, 6) is 2.08. The number of nitrogens with zero attached hydrogens (tertiary/aromatic N) is 6. The van der Waals surface area contributed by atoms with Crippen LogP contribution in [0.25, 0.3) is 4.96 Å². The quantitative estimate of drug-likeness (QED) is 0.802. The third-order valence-electron chi connectivity index (χ3n) is 3.90. The first-order chi connectivity index (χ1) is 10.5. The second-order valence-corrected chi connectivity index (χ2v) is 7.61. The lowest BCUT2D eigenvalue weighted by molar-refractivity contribution is 0.572. The normalized spacial score (nSPS) is 14.7. The van der Waals surface area contributed by atoms with Crippen LogP contribution in [0.3, 0.4) is 0 Å². The maximum absolute atomic E-state index is 4.65. The predicted octanol–water partition coefficient (Wildman–Crippen LogP) is 2.24. The Labute approximate surface area is 132 Å². The lowest BCUT2D eigenvalue weighted by atomic mass is 9.93. The lowest BCUT2D eigenvalue weighted by Crippen LogP contribution is -2.11. The van der Waals surface area contributed by atoms with Crippen LogP contribution in [0.4, 0.5) is 5.13 Å². The largest absolute Gasteiger partial charge is 0.353 e. The molecule has 116 valence electrons. The van der Waals surface area contributed by atoms with Gasteiger partial charge in [-0.3, -0.25) is 0 Å². The Morgan fingerprint density at radius 1 is 1.32 bits per heavy atom. The van der Waals surface area contributed by atoms with Gasteiger partial charge in [-0.25, -0.2) is 9.50 Å². The fourth-order valence-electron chi connectivity index (χ4n) is 2.63. The zero-order valence-electron chi connectivity index (χ0n) is 13.0. The zero-order chi connectivity index (χ0) is 15.3. The summed E-state index contributed by atoms with van der Waals surface area (Å²) in [6, 6.07) is 0. The molecule has 8 heteroatoms. The van der Waals surface area contributed by atoms with Crippen molar-refractivity contribution in [3.05, 3.63) is 23.5 Å². The van der Waals surface area contributed by atoms with Gasteiger partial charge in [-0.1, -0.05) is 32.1 Å². The van der Waals surface area contributed by atoms with Gasteiger partial charge in [0.2, 0.25) is 10.1 Å². The van der Waals surface area contributed by atoms with Crippen LogP contribution in [0.2, 0.25) is 0 Å². The Morgan fingerprint density at radius 2 is 2.18 bits per heavy atom. The summed E-state index contributed by atoms with van der Waals surface area (Å²) in [7, 11) is 0. The molecule has 3 aromatic heterocycles. The summed E-state index contributed by atoms with van der Waals surface area (Å²) >= 11 is 1.56. The SMILES string of the molecule is CC(C)(C)c1cn2nc(NCc3nnc4n3CCC4)sc2n1. The van der Waals surface area contributed by atoms with Crippen LogP contribution in [0.15, 0.2) is 6.20 Å². The van der Waals surface area contributed by atoms with Crippen LogP contribution in [-0.2, 0) is 24.9 Å². The smallest absolute Gasteiger partial charge is 0.214 e. The second kappa shape index (κ2) is 4.77. The lowest BCUT2D eigenvalue weighted by Gasteiger charge is -2.13. The summed E-state index contributed by atoms with van der Waals surface area (Å²) in [5.41, 5.74) is 1.11. The number of aromatic nitrogens is 6. The van der Waals surface area contributed by atoms with Crippen molar-refractivity contribution in [3.8, 4) is 0 Å². The molecule has 0 atom stereocenters. The third-order valence-corrected chi connectivity index (χ3v) is 4.78. The molecule has 0 aliphatic carbocycles. The van der Waals surface area contributed by atoms with Gasteiger partial charge < -0.3 is 9.88 Å². The minimum Gasteiger partial charge on any atom is -0.353 e. The fraction of sp³-hybridized carbons (Fsp3) is 0.571. The highest BCUT2D eigenvalue weighted by Crippen LogP contribution is 2.26. The third kappa shape index (κ3) is 2.27. The number of hydrogen-bond donors (Lipinski definition) is 1.